The molecule has 0 radical (unpaired) electrons. The molecular formula is C104H110Cl10N12O2S6. The molecule has 14 nitrogen and oxygen atoms in total. The fraction of sp³-hybridized carbons (Fsp3) is 0.385. The van der Waals surface area contributed by atoms with Crippen molar-refractivity contribution in [2.75, 3.05) is 0 Å². The Balaban J connectivity index is 0.000000136. The molecule has 4 spiro atoms. The van der Waals surface area contributed by atoms with Gasteiger partial charge in [0.2, 0.25) is 0 Å². The van der Waals surface area contributed by atoms with Crippen LogP contribution in [0.4, 0.5) is 0 Å². The Morgan fingerprint density at radius 2 is 0.537 bits per heavy atom. The average molecular weight is 2110 g/mol. The van der Waals surface area contributed by atoms with Gasteiger partial charge in [0.1, 0.15) is 40.7 Å². The van der Waals surface area contributed by atoms with Gasteiger partial charge in [-0.2, -0.15) is 0 Å². The highest BCUT2D eigenvalue weighted by molar-refractivity contribution is 8.00. The highest BCUT2D eigenvalue weighted by Gasteiger charge is 2.53. The number of fused-ring (bicyclic) bond motifs is 4. The lowest BCUT2D eigenvalue weighted by molar-refractivity contribution is 0.141. The summed E-state index contributed by atoms with van der Waals surface area (Å²) in [6.07, 6.45) is 37.3. The molecule has 0 aliphatic heterocycles. The van der Waals surface area contributed by atoms with Crippen molar-refractivity contribution >= 4 is 187 Å². The van der Waals surface area contributed by atoms with Gasteiger partial charge in [-0.1, -0.05) is 261 Å². The van der Waals surface area contributed by atoms with E-state index in [1.54, 1.807) is 24.8 Å². The first kappa shape index (κ1) is 103. The standard InChI is InChI=1S/2C28H31Cl2N3OS2.2C24H23Cl2N3S.2ClH/c2*1-27(2,3)36(34)33-25-21-7-5-4-6-19(21)16-28(25)13-10-18(11-14-28)20-8-9-23(32-17-20)35-22-12-15-31-26(30)24(22)29;2*25-21-19(9-12-28-23(21)26)30-20-6-5-17(14-29-20)15-7-10-24(11-8-15)13-16-3-1-2-4-18(16)22(24)27;;/h2*4-9,12,15,17-18,25,33H,10-11,13-14,16H2,1-3H3;2*1-6,9,12,14-15,22H,7-8,10-11,13,27H2;2*1H/t18?,25?,28?,36-;18?,25-,28?,36-;2*15?,22-,24?;;/m1110../s1. The molecule has 6 atom stereocenters. The molecule has 4 saturated carbocycles. The van der Waals surface area contributed by atoms with Crippen LogP contribution >= 0.6 is 165 Å². The van der Waals surface area contributed by atoms with E-state index >= 15 is 0 Å². The summed E-state index contributed by atoms with van der Waals surface area (Å²) in [7, 11) is -2.23. The van der Waals surface area contributed by atoms with Crippen LogP contribution in [0.2, 0.25) is 40.7 Å². The molecule has 30 heteroatoms. The van der Waals surface area contributed by atoms with E-state index in [2.05, 4.69) is 185 Å². The zero-order valence-corrected chi connectivity index (χ0v) is 88.0. The van der Waals surface area contributed by atoms with Crippen LogP contribution in [0.3, 0.4) is 0 Å². The Morgan fingerprint density at radius 3 is 0.769 bits per heavy atom. The Labute approximate surface area is 862 Å². The molecule has 704 valence electrons. The summed E-state index contributed by atoms with van der Waals surface area (Å²) in [4.78, 5) is 38.2. The van der Waals surface area contributed by atoms with Crippen molar-refractivity contribution in [2.24, 2.45) is 33.1 Å². The van der Waals surface area contributed by atoms with Crippen LogP contribution in [0, 0.1) is 21.7 Å². The number of halogens is 10. The SMILES string of the molecule is CC(C)(C)[S@@](=O)NC1c2ccccc2CC12CCC(c1ccc(Sc3ccnc(Cl)c3Cl)nc1)CC2.CC(C)(C)[S@@](=O)N[C@@H]1c2ccccc2CC12CCC(c1ccc(Sc3ccnc(Cl)c3Cl)nc1)CC2.Cl.Cl.N[C@@H]1c2ccccc2CC12CCC(c1ccc(Sc3ccnc(Cl)c3Cl)nc1)CC2.N[C@H]1c2ccccc2CC12CCC(c1ccc(Sc3ccnc(Cl)c3Cl)nc1)CC2. The van der Waals surface area contributed by atoms with Gasteiger partial charge in [0.05, 0.1) is 63.6 Å². The van der Waals surface area contributed by atoms with E-state index < -0.39 is 22.0 Å². The van der Waals surface area contributed by atoms with E-state index in [-0.39, 0.29) is 80.1 Å². The van der Waals surface area contributed by atoms with Crippen LogP contribution < -0.4 is 20.9 Å². The first-order valence-corrected chi connectivity index (χ1v) is 54.0. The summed E-state index contributed by atoms with van der Waals surface area (Å²) < 4.78 is 32.8. The largest absolute Gasteiger partial charge is 0.323 e. The van der Waals surface area contributed by atoms with Crippen LogP contribution in [0.15, 0.2) is 259 Å². The van der Waals surface area contributed by atoms with Gasteiger partial charge in [0.15, 0.2) is 0 Å². The minimum absolute atomic E-state index is 0. The third-order valence-electron chi connectivity index (χ3n) is 28.7. The Hall–Kier alpha value is -5.48. The number of rotatable bonds is 16. The van der Waals surface area contributed by atoms with Crippen molar-refractivity contribution in [3.8, 4) is 0 Å². The van der Waals surface area contributed by atoms with Gasteiger partial charge in [0, 0.05) is 81.2 Å². The number of hydrogen-bond acceptors (Lipinski definition) is 16. The molecule has 1 unspecified atom stereocenters. The number of nitrogens with two attached hydrogens (primary N) is 2. The van der Waals surface area contributed by atoms with Crippen LogP contribution in [-0.2, 0) is 47.7 Å². The molecule has 4 fully saturated rings. The molecule has 0 amide bonds. The second-order valence-electron chi connectivity index (χ2n) is 38.7. The Kier molecular flexibility index (Phi) is 34.1. The maximum absolute atomic E-state index is 13.1. The smallest absolute Gasteiger partial charge is 0.148 e. The van der Waals surface area contributed by atoms with Crippen molar-refractivity contribution in [3.05, 3.63) is 327 Å². The quantitative estimate of drug-likeness (QED) is 0.0662. The molecule has 6 N–H and O–H groups in total. The van der Waals surface area contributed by atoms with E-state index in [0.29, 0.717) is 64.4 Å². The van der Waals surface area contributed by atoms with Crippen molar-refractivity contribution in [2.45, 2.75) is 267 Å². The minimum atomic E-state index is -1.11. The number of hydrogen-bond donors (Lipinski definition) is 4. The topological polar surface area (TPSA) is 213 Å². The lowest BCUT2D eigenvalue weighted by atomic mass is 9.66. The fourth-order valence-electron chi connectivity index (χ4n) is 21.3. The fourth-order valence-corrected chi connectivity index (χ4v) is 28.1. The van der Waals surface area contributed by atoms with Crippen molar-refractivity contribution < 1.29 is 8.42 Å². The summed E-state index contributed by atoms with van der Waals surface area (Å²) in [6, 6.07) is 59.9. The lowest BCUT2D eigenvalue weighted by Gasteiger charge is -2.42. The second-order valence-corrected chi connectivity index (χ2v) is 49.8. The molecule has 0 bridgehead atoms. The minimum Gasteiger partial charge on any atom is -0.323 e. The van der Waals surface area contributed by atoms with E-state index in [9.17, 15) is 8.42 Å². The van der Waals surface area contributed by atoms with Crippen LogP contribution in [0.25, 0.3) is 0 Å². The second kappa shape index (κ2) is 44.4. The molecule has 12 aromatic rings. The molecule has 8 aliphatic carbocycles. The molecule has 4 aromatic carbocycles. The van der Waals surface area contributed by atoms with Gasteiger partial charge in [-0.05, 0) is 331 Å². The van der Waals surface area contributed by atoms with E-state index in [0.717, 1.165) is 117 Å². The highest BCUT2D eigenvalue weighted by atomic mass is 35.5. The Morgan fingerprint density at radius 1 is 0.313 bits per heavy atom. The molecule has 8 heterocycles. The predicted octanol–water partition coefficient (Wildman–Crippen LogP) is 30.4. The van der Waals surface area contributed by atoms with Crippen LogP contribution in [0.5, 0.6) is 0 Å². The van der Waals surface area contributed by atoms with Crippen molar-refractivity contribution in [1.82, 2.24) is 49.3 Å². The number of benzene rings is 4. The first-order chi connectivity index (χ1) is 63.4. The molecule has 8 aromatic heterocycles. The summed E-state index contributed by atoms with van der Waals surface area (Å²) in [5, 5.41) is 6.70. The molecule has 20 rings (SSSR count). The summed E-state index contributed by atoms with van der Waals surface area (Å²) in [5.41, 5.74) is 30.4. The third kappa shape index (κ3) is 23.0. The van der Waals surface area contributed by atoms with Crippen molar-refractivity contribution in [1.29, 1.82) is 0 Å². The maximum atomic E-state index is 13.1. The van der Waals surface area contributed by atoms with E-state index in [4.69, 9.17) is 114 Å². The van der Waals surface area contributed by atoms with Gasteiger partial charge in [-0.3, -0.25) is 0 Å². The monoisotopic (exact) mass is 2100 g/mol. The summed E-state index contributed by atoms with van der Waals surface area (Å²) in [6.45, 7) is 12.2. The number of aromatic nitrogens is 8. The number of nitrogens with one attached hydrogen (secondary N) is 2. The van der Waals surface area contributed by atoms with Gasteiger partial charge >= 0.3 is 0 Å². The van der Waals surface area contributed by atoms with E-state index in [1.165, 1.54) is 165 Å². The van der Waals surface area contributed by atoms with Crippen LogP contribution in [-0.4, -0.2) is 57.8 Å². The molecule has 8 aliphatic rings. The molecule has 0 saturated heterocycles. The summed E-state index contributed by atoms with van der Waals surface area (Å²) >= 11 is 55.2. The average Bonchev–Trinajstić information content (AvgIpc) is 1.62. The zero-order valence-electron chi connectivity index (χ0n) is 75.4. The molecule has 134 heavy (non-hydrogen) atoms. The van der Waals surface area contributed by atoms with Crippen molar-refractivity contribution in [3.63, 3.8) is 0 Å². The molecular weight excluding hydrogens is 2000 g/mol. The van der Waals surface area contributed by atoms with Crippen LogP contribution in [0.1, 0.15) is 259 Å². The Bertz CT molecular complexity index is 5780. The van der Waals surface area contributed by atoms with Gasteiger partial charge in [-0.15, -0.1) is 24.8 Å². The maximum Gasteiger partial charge on any atom is 0.148 e. The van der Waals surface area contributed by atoms with Gasteiger partial charge in [0.25, 0.3) is 0 Å². The van der Waals surface area contributed by atoms with E-state index in [1.807, 2.05) is 90.6 Å². The zero-order chi connectivity index (χ0) is 92.4. The normalized spacial score (nSPS) is 24.6. The van der Waals surface area contributed by atoms with Gasteiger partial charge in [-0.25, -0.2) is 57.7 Å². The lowest BCUT2D eigenvalue weighted by Crippen LogP contribution is -2.43. The predicted molar refractivity (Wildman–Crippen MR) is 562 cm³/mol. The first-order valence-electron chi connectivity index (χ1n) is 45.4. The number of pyridine rings is 8. The van der Waals surface area contributed by atoms with Gasteiger partial charge < -0.3 is 11.5 Å². The third-order valence-corrected chi connectivity index (χ3v) is 39.4. The summed E-state index contributed by atoms with van der Waals surface area (Å²) in [5.74, 6) is 2.08. The number of nitrogens with zero attached hydrogens (tertiary/aromatic N) is 8. The highest BCUT2D eigenvalue weighted by Crippen LogP contribution is 2.61.